The average Bonchev–Trinajstić information content (AvgIpc) is 3.03. The molecule has 2 aromatic rings. The smallest absolute Gasteiger partial charge is 0.363 e. The fourth-order valence-electron chi connectivity index (χ4n) is 2.50. The normalized spacial score (nSPS) is 14.8. The lowest BCUT2D eigenvalue weighted by Crippen LogP contribution is -2.06. The van der Waals surface area contributed by atoms with E-state index >= 15 is 0 Å². The lowest BCUT2D eigenvalue weighted by molar-refractivity contribution is -0.129. The summed E-state index contributed by atoms with van der Waals surface area (Å²) in [5.41, 5.74) is 1.32. The van der Waals surface area contributed by atoms with Crippen molar-refractivity contribution < 1.29 is 23.7 Å². The predicted octanol–water partition coefficient (Wildman–Crippen LogP) is 4.36. The summed E-state index contributed by atoms with van der Waals surface area (Å²) in [6.45, 7) is 0. The van der Waals surface area contributed by atoms with Crippen molar-refractivity contribution in [3.8, 4) is 17.2 Å². The van der Waals surface area contributed by atoms with Crippen LogP contribution >= 0.6 is 23.2 Å². The summed E-state index contributed by atoms with van der Waals surface area (Å²) in [6, 6.07) is 8.30. The van der Waals surface area contributed by atoms with Gasteiger partial charge in [-0.05, 0) is 35.9 Å². The Morgan fingerprint density at radius 3 is 2.19 bits per heavy atom. The van der Waals surface area contributed by atoms with Gasteiger partial charge in [0, 0.05) is 5.56 Å². The lowest BCUT2D eigenvalue weighted by Gasteiger charge is -2.13. The van der Waals surface area contributed by atoms with Crippen LogP contribution in [-0.4, -0.2) is 33.2 Å². The molecule has 140 valence electrons. The Morgan fingerprint density at radius 2 is 1.63 bits per heavy atom. The van der Waals surface area contributed by atoms with E-state index in [1.807, 2.05) is 0 Å². The van der Waals surface area contributed by atoms with Gasteiger partial charge in [-0.25, -0.2) is 9.79 Å². The third-order valence-electron chi connectivity index (χ3n) is 3.78. The van der Waals surface area contributed by atoms with Crippen LogP contribution in [0.1, 0.15) is 11.1 Å². The fourth-order valence-corrected chi connectivity index (χ4v) is 2.80. The Balaban J connectivity index is 2.01. The molecule has 1 heterocycles. The van der Waals surface area contributed by atoms with Crippen LogP contribution in [0.5, 0.6) is 17.2 Å². The minimum atomic E-state index is -0.579. The minimum Gasteiger partial charge on any atom is -0.493 e. The van der Waals surface area contributed by atoms with E-state index in [4.69, 9.17) is 42.1 Å². The number of carbonyl (C=O) groups excluding carboxylic acids is 1. The second-order valence-corrected chi connectivity index (χ2v) is 6.24. The van der Waals surface area contributed by atoms with E-state index in [9.17, 15) is 4.79 Å². The van der Waals surface area contributed by atoms with Crippen LogP contribution in [-0.2, 0) is 9.53 Å². The molecule has 3 rings (SSSR count). The second-order valence-electron chi connectivity index (χ2n) is 5.42. The predicted molar refractivity (Wildman–Crippen MR) is 103 cm³/mol. The zero-order valence-electron chi connectivity index (χ0n) is 14.7. The maximum absolute atomic E-state index is 12.2. The van der Waals surface area contributed by atoms with Gasteiger partial charge in [-0.1, -0.05) is 29.3 Å². The van der Waals surface area contributed by atoms with Gasteiger partial charge in [-0.2, -0.15) is 0 Å². The lowest BCUT2D eigenvalue weighted by atomic mass is 10.1. The Bertz CT molecular complexity index is 944. The maximum Gasteiger partial charge on any atom is 0.363 e. The number of hydrogen-bond donors (Lipinski definition) is 0. The Morgan fingerprint density at radius 1 is 0.963 bits per heavy atom. The minimum absolute atomic E-state index is 0.130. The van der Waals surface area contributed by atoms with Crippen LogP contribution in [0.4, 0.5) is 0 Å². The van der Waals surface area contributed by atoms with Gasteiger partial charge in [0.25, 0.3) is 0 Å². The molecule has 0 amide bonds. The number of ether oxygens (including phenoxy) is 4. The molecule has 6 nitrogen and oxygen atoms in total. The summed E-state index contributed by atoms with van der Waals surface area (Å²) in [6.07, 6.45) is 1.57. The second kappa shape index (κ2) is 7.90. The number of cyclic esters (lactones) is 1. The highest BCUT2D eigenvalue weighted by molar-refractivity contribution is 6.42. The summed E-state index contributed by atoms with van der Waals surface area (Å²) < 4.78 is 21.2. The van der Waals surface area contributed by atoms with Crippen molar-refractivity contribution in [2.75, 3.05) is 21.3 Å². The van der Waals surface area contributed by atoms with Gasteiger partial charge in [0.05, 0.1) is 31.4 Å². The number of methoxy groups -OCH3 is 3. The van der Waals surface area contributed by atoms with Crippen molar-refractivity contribution in [2.45, 2.75) is 0 Å². The number of hydrogen-bond acceptors (Lipinski definition) is 6. The number of carbonyl (C=O) groups is 1. The van der Waals surface area contributed by atoms with E-state index in [1.54, 1.807) is 36.4 Å². The van der Waals surface area contributed by atoms with Crippen molar-refractivity contribution in [1.29, 1.82) is 0 Å². The molecule has 0 N–H and O–H groups in total. The van der Waals surface area contributed by atoms with Gasteiger partial charge >= 0.3 is 5.97 Å². The molecule has 0 fully saturated rings. The van der Waals surface area contributed by atoms with Crippen LogP contribution in [0.3, 0.4) is 0 Å². The van der Waals surface area contributed by atoms with Crippen LogP contribution < -0.4 is 14.2 Å². The highest BCUT2D eigenvalue weighted by Crippen LogP contribution is 2.39. The molecule has 2 aromatic carbocycles. The summed E-state index contributed by atoms with van der Waals surface area (Å²) in [4.78, 5) is 16.5. The van der Waals surface area contributed by atoms with Gasteiger partial charge in [0.2, 0.25) is 11.6 Å². The topological polar surface area (TPSA) is 66.4 Å². The van der Waals surface area contributed by atoms with E-state index < -0.39 is 5.97 Å². The van der Waals surface area contributed by atoms with Gasteiger partial charge in [-0.15, -0.1) is 0 Å². The SMILES string of the molecule is COc1cc(C2=N/C(=C/c3ccc(Cl)c(Cl)c3)C(=O)O2)cc(OC)c1OC. The third-order valence-corrected chi connectivity index (χ3v) is 4.52. The van der Waals surface area contributed by atoms with Crippen LogP contribution in [0.15, 0.2) is 41.0 Å². The monoisotopic (exact) mass is 407 g/mol. The molecule has 0 bridgehead atoms. The standard InChI is InChI=1S/C19H15Cl2NO5/c1-24-15-8-11(9-16(25-2)17(15)26-3)18-22-14(19(23)27-18)7-10-4-5-12(20)13(21)6-10/h4-9H,1-3H3/b14-7+. The van der Waals surface area contributed by atoms with E-state index in [2.05, 4.69) is 4.99 Å². The van der Waals surface area contributed by atoms with Crippen LogP contribution in [0.2, 0.25) is 10.0 Å². The van der Waals surface area contributed by atoms with Crippen molar-refractivity contribution in [2.24, 2.45) is 4.99 Å². The first-order chi connectivity index (χ1) is 13.0. The van der Waals surface area contributed by atoms with Gasteiger partial charge in [-0.3, -0.25) is 0 Å². The van der Waals surface area contributed by atoms with Gasteiger partial charge in [0.15, 0.2) is 17.2 Å². The first-order valence-corrected chi connectivity index (χ1v) is 8.50. The quantitative estimate of drug-likeness (QED) is 0.543. The molecule has 0 saturated carbocycles. The molecular formula is C19H15Cl2NO5. The molecule has 0 aliphatic carbocycles. The number of rotatable bonds is 5. The fraction of sp³-hybridized carbons (Fsp3) is 0.158. The molecule has 0 saturated heterocycles. The molecule has 0 aromatic heterocycles. The van der Waals surface area contributed by atoms with E-state index in [-0.39, 0.29) is 11.6 Å². The largest absolute Gasteiger partial charge is 0.493 e. The van der Waals surface area contributed by atoms with Crippen LogP contribution in [0, 0.1) is 0 Å². The summed E-state index contributed by atoms with van der Waals surface area (Å²) >= 11 is 11.9. The van der Waals surface area contributed by atoms with E-state index in [0.29, 0.717) is 38.4 Å². The molecule has 0 atom stereocenters. The first kappa shape index (κ1) is 19.1. The molecule has 0 unspecified atom stereocenters. The molecule has 1 aliphatic heterocycles. The number of halogens is 2. The Labute approximate surface area is 165 Å². The third kappa shape index (κ3) is 3.86. The maximum atomic E-state index is 12.2. The summed E-state index contributed by atoms with van der Waals surface area (Å²) in [5, 5.41) is 0.806. The average molecular weight is 408 g/mol. The van der Waals surface area contributed by atoms with Crippen molar-refractivity contribution in [3.63, 3.8) is 0 Å². The van der Waals surface area contributed by atoms with E-state index in [1.165, 1.54) is 21.3 Å². The number of benzene rings is 2. The van der Waals surface area contributed by atoms with Crippen LogP contribution in [0.25, 0.3) is 6.08 Å². The van der Waals surface area contributed by atoms with Gasteiger partial charge < -0.3 is 18.9 Å². The van der Waals surface area contributed by atoms with E-state index in [0.717, 1.165) is 0 Å². The molecule has 27 heavy (non-hydrogen) atoms. The number of aliphatic imine (C=N–C) groups is 1. The zero-order chi connectivity index (χ0) is 19.6. The van der Waals surface area contributed by atoms with Gasteiger partial charge in [0.1, 0.15) is 0 Å². The summed E-state index contributed by atoms with van der Waals surface area (Å²) in [7, 11) is 4.50. The van der Waals surface area contributed by atoms with Crippen molar-refractivity contribution >= 4 is 41.1 Å². The Kier molecular flexibility index (Phi) is 5.58. The molecule has 0 spiro atoms. The molecule has 8 heteroatoms. The number of nitrogens with zero attached hydrogens (tertiary/aromatic N) is 1. The Hall–Kier alpha value is -2.70. The first-order valence-electron chi connectivity index (χ1n) is 7.74. The molecule has 1 aliphatic rings. The zero-order valence-corrected chi connectivity index (χ0v) is 16.2. The van der Waals surface area contributed by atoms with Crippen molar-refractivity contribution in [3.05, 3.63) is 57.2 Å². The highest BCUT2D eigenvalue weighted by atomic mass is 35.5. The highest BCUT2D eigenvalue weighted by Gasteiger charge is 2.26. The molecular weight excluding hydrogens is 393 g/mol. The molecule has 0 radical (unpaired) electrons. The number of esters is 1. The summed E-state index contributed by atoms with van der Waals surface area (Å²) in [5.74, 6) is 0.829. The van der Waals surface area contributed by atoms with Crippen molar-refractivity contribution in [1.82, 2.24) is 0 Å².